The maximum atomic E-state index is 11.9. The van der Waals surface area contributed by atoms with E-state index in [-0.39, 0.29) is 11.5 Å². The Labute approximate surface area is 112 Å². The zero-order valence-electron chi connectivity index (χ0n) is 10.3. The molecule has 0 aliphatic carbocycles. The van der Waals surface area contributed by atoms with Crippen LogP contribution in [0.5, 0.6) is 0 Å². The highest BCUT2D eigenvalue weighted by molar-refractivity contribution is 7.93. The van der Waals surface area contributed by atoms with Crippen LogP contribution < -0.4 is 10.5 Å². The molecule has 0 aliphatic rings. The maximum Gasteiger partial charge on any atom is 0.221 e. The molecule has 1 heterocycles. The van der Waals surface area contributed by atoms with Gasteiger partial charge in [-0.1, -0.05) is 19.1 Å². The number of thiocarbonyl (C=S) groups is 1. The Kier molecular flexibility index (Phi) is 5.17. The minimum atomic E-state index is -3.51. The van der Waals surface area contributed by atoms with Crippen molar-refractivity contribution in [1.29, 1.82) is 0 Å². The van der Waals surface area contributed by atoms with Gasteiger partial charge in [-0.05, 0) is 6.42 Å². The number of aromatic nitrogens is 3. The average Bonchev–Trinajstić information content (AvgIpc) is 2.63. The van der Waals surface area contributed by atoms with Gasteiger partial charge in [-0.15, -0.1) is 0 Å². The topological polar surface area (TPSA) is 103 Å². The molecule has 1 atom stereocenters. The minimum Gasteiger partial charge on any atom is -0.392 e. The number of hydrogen-bond acceptors (Lipinski definition) is 5. The van der Waals surface area contributed by atoms with Crippen LogP contribution >= 0.6 is 12.2 Å². The largest absolute Gasteiger partial charge is 0.392 e. The number of nitrogens with zero attached hydrogens (tertiary/aromatic N) is 3. The van der Waals surface area contributed by atoms with Crippen LogP contribution in [0.3, 0.4) is 0 Å². The molecule has 1 rings (SSSR count). The first-order valence-corrected chi connectivity index (χ1v) is 7.44. The lowest BCUT2D eigenvalue weighted by Crippen LogP contribution is -2.42. The van der Waals surface area contributed by atoms with Gasteiger partial charge in [0.2, 0.25) is 10.0 Å². The smallest absolute Gasteiger partial charge is 0.221 e. The molecule has 3 N–H and O–H groups in total. The van der Waals surface area contributed by atoms with E-state index in [1.54, 1.807) is 25.0 Å². The van der Waals surface area contributed by atoms with Crippen molar-refractivity contribution in [3.8, 4) is 0 Å². The molecular weight excluding hydrogens is 274 g/mol. The lowest BCUT2D eigenvalue weighted by Gasteiger charge is -2.14. The molecule has 0 radical (unpaired) electrons. The third-order valence-corrected chi connectivity index (χ3v) is 4.74. The molecule has 0 spiro atoms. The number of nitrogens with two attached hydrogens (primary N) is 1. The van der Waals surface area contributed by atoms with Crippen molar-refractivity contribution in [2.75, 3.05) is 6.54 Å². The Bertz CT molecular complexity index is 511. The molecule has 102 valence electrons. The summed E-state index contributed by atoms with van der Waals surface area (Å²) in [7, 11) is -1.76. The normalized spacial score (nSPS) is 13.4. The average molecular weight is 291 g/mol. The summed E-state index contributed by atoms with van der Waals surface area (Å²) in [5.41, 5.74) is 5.40. The van der Waals surface area contributed by atoms with Crippen molar-refractivity contribution in [2.45, 2.75) is 25.0 Å². The summed E-state index contributed by atoms with van der Waals surface area (Å²) in [4.78, 5) is 3.99. The summed E-state index contributed by atoms with van der Waals surface area (Å²) < 4.78 is 27.8. The second-order valence-electron chi connectivity index (χ2n) is 3.82. The van der Waals surface area contributed by atoms with E-state index in [0.717, 1.165) is 0 Å². The fraction of sp³-hybridized carbons (Fsp3) is 0.667. The molecule has 0 fully saturated rings. The van der Waals surface area contributed by atoms with Crippen molar-refractivity contribution >= 4 is 27.2 Å². The summed E-state index contributed by atoms with van der Waals surface area (Å²) in [6.07, 6.45) is 2.34. The summed E-state index contributed by atoms with van der Waals surface area (Å²) in [6, 6.07) is 0. The van der Waals surface area contributed by atoms with E-state index in [2.05, 4.69) is 14.8 Å². The molecule has 1 unspecified atom stereocenters. The quantitative estimate of drug-likeness (QED) is 0.647. The highest BCUT2D eigenvalue weighted by Gasteiger charge is 2.25. The summed E-state index contributed by atoms with van der Waals surface area (Å²) in [5.74, 6) is 0.587. The zero-order valence-corrected chi connectivity index (χ0v) is 12.0. The monoisotopic (exact) mass is 291 g/mol. The maximum absolute atomic E-state index is 11.9. The lowest BCUT2D eigenvalue weighted by molar-refractivity contribution is 0.573. The molecule has 9 heteroatoms. The van der Waals surface area contributed by atoms with Crippen LogP contribution in [0.15, 0.2) is 6.33 Å². The first-order chi connectivity index (χ1) is 8.36. The highest BCUT2D eigenvalue weighted by Crippen LogP contribution is 2.04. The Balaban J connectivity index is 2.54. The number of sulfonamides is 1. The first-order valence-electron chi connectivity index (χ1n) is 5.49. The van der Waals surface area contributed by atoms with Crippen molar-refractivity contribution in [3.05, 3.63) is 12.2 Å². The van der Waals surface area contributed by atoms with E-state index < -0.39 is 15.3 Å². The Morgan fingerprint density at radius 1 is 1.67 bits per heavy atom. The van der Waals surface area contributed by atoms with E-state index in [1.807, 2.05) is 0 Å². The molecule has 18 heavy (non-hydrogen) atoms. The van der Waals surface area contributed by atoms with Crippen LogP contribution in [-0.2, 0) is 23.5 Å². The van der Waals surface area contributed by atoms with Crippen LogP contribution in [0.25, 0.3) is 0 Å². The van der Waals surface area contributed by atoms with Gasteiger partial charge in [0, 0.05) is 20.0 Å². The summed E-state index contributed by atoms with van der Waals surface area (Å²) in [6.45, 7) is 1.95. The van der Waals surface area contributed by atoms with Gasteiger partial charge in [-0.3, -0.25) is 4.68 Å². The summed E-state index contributed by atoms with van der Waals surface area (Å²) >= 11 is 4.74. The predicted octanol–water partition coefficient (Wildman–Crippen LogP) is -0.658. The number of rotatable bonds is 7. The summed E-state index contributed by atoms with van der Waals surface area (Å²) in [5, 5.41) is 3.22. The minimum absolute atomic E-state index is 0.0130. The van der Waals surface area contributed by atoms with E-state index >= 15 is 0 Å². The van der Waals surface area contributed by atoms with Gasteiger partial charge in [0.05, 0.1) is 4.99 Å². The second-order valence-corrected chi connectivity index (χ2v) is 6.24. The zero-order chi connectivity index (χ0) is 13.8. The van der Waals surface area contributed by atoms with Gasteiger partial charge in [0.25, 0.3) is 0 Å². The van der Waals surface area contributed by atoms with Crippen molar-refractivity contribution < 1.29 is 8.42 Å². The third-order valence-electron chi connectivity index (χ3n) is 2.36. The van der Waals surface area contributed by atoms with E-state index in [0.29, 0.717) is 18.7 Å². The van der Waals surface area contributed by atoms with E-state index in [4.69, 9.17) is 18.0 Å². The van der Waals surface area contributed by atoms with Crippen LogP contribution in [0.4, 0.5) is 0 Å². The number of aryl methyl sites for hydroxylation is 1. The van der Waals surface area contributed by atoms with E-state index in [1.165, 1.54) is 0 Å². The van der Waals surface area contributed by atoms with E-state index in [9.17, 15) is 8.42 Å². The predicted molar refractivity (Wildman–Crippen MR) is 72.5 cm³/mol. The molecule has 0 saturated heterocycles. The fourth-order valence-corrected chi connectivity index (χ4v) is 3.36. The lowest BCUT2D eigenvalue weighted by atomic mass is 10.3. The molecule has 7 nitrogen and oxygen atoms in total. The van der Waals surface area contributed by atoms with Gasteiger partial charge in [0.15, 0.2) is 5.82 Å². The Hall–Kier alpha value is -1.06. The van der Waals surface area contributed by atoms with Gasteiger partial charge in [-0.2, -0.15) is 5.10 Å². The molecule has 1 aromatic rings. The second kappa shape index (κ2) is 6.21. The Morgan fingerprint density at radius 2 is 2.33 bits per heavy atom. The van der Waals surface area contributed by atoms with Gasteiger partial charge in [-0.25, -0.2) is 18.1 Å². The fourth-order valence-electron chi connectivity index (χ4n) is 1.48. The molecule has 0 amide bonds. The van der Waals surface area contributed by atoms with Crippen LogP contribution in [0, 0.1) is 0 Å². The van der Waals surface area contributed by atoms with Crippen molar-refractivity contribution in [2.24, 2.45) is 12.8 Å². The van der Waals surface area contributed by atoms with Crippen LogP contribution in [0.2, 0.25) is 0 Å². The van der Waals surface area contributed by atoms with Crippen LogP contribution in [0.1, 0.15) is 19.2 Å². The highest BCUT2D eigenvalue weighted by atomic mass is 32.2. The van der Waals surface area contributed by atoms with Gasteiger partial charge < -0.3 is 5.73 Å². The van der Waals surface area contributed by atoms with Crippen molar-refractivity contribution in [3.63, 3.8) is 0 Å². The molecule has 0 aliphatic heterocycles. The van der Waals surface area contributed by atoms with Crippen LogP contribution in [-0.4, -0.2) is 40.0 Å². The van der Waals surface area contributed by atoms with Crippen molar-refractivity contribution in [1.82, 2.24) is 19.5 Å². The third kappa shape index (κ3) is 4.00. The Morgan fingerprint density at radius 3 is 2.78 bits per heavy atom. The molecule has 0 aromatic carbocycles. The SMILES string of the molecule is CCC(C(N)=S)S(=O)(=O)NCCc1ncn(C)n1. The van der Waals surface area contributed by atoms with Gasteiger partial charge >= 0.3 is 0 Å². The number of hydrogen-bond donors (Lipinski definition) is 2. The first kappa shape index (κ1) is 15.0. The molecule has 0 bridgehead atoms. The molecule has 0 saturated carbocycles. The molecule has 1 aromatic heterocycles. The van der Waals surface area contributed by atoms with Gasteiger partial charge in [0.1, 0.15) is 11.6 Å². The standard InChI is InChI=1S/C9H17N5O2S2/c1-3-7(9(10)17)18(15,16)12-5-4-8-11-6-14(2)13-8/h6-7,12H,3-5H2,1-2H3,(H2,10,17). The number of nitrogens with one attached hydrogen (secondary N) is 1. The molecular formula is C9H17N5O2S2.